The Labute approximate surface area is 124 Å². The molecule has 3 N–H and O–H groups in total. The number of hydrogen-bond donors (Lipinski definition) is 2. The number of aromatic amines is 1. The Kier molecular flexibility index (Phi) is 2.78. The second-order valence-corrected chi connectivity index (χ2v) is 4.68. The average molecular weight is 293 g/mol. The summed E-state index contributed by atoms with van der Waals surface area (Å²) in [5.74, 6) is 0.397. The Morgan fingerprint density at radius 1 is 1.09 bits per heavy atom. The minimum absolute atomic E-state index is 0.101. The van der Waals surface area contributed by atoms with Crippen LogP contribution in [0.4, 0.5) is 5.95 Å². The molecule has 0 unspecified atom stereocenters. The summed E-state index contributed by atoms with van der Waals surface area (Å²) in [5.41, 5.74) is 8.39. The number of hydrogen-bond acceptors (Lipinski definition) is 7. The van der Waals surface area contributed by atoms with Crippen LogP contribution in [-0.2, 0) is 6.61 Å². The van der Waals surface area contributed by atoms with Crippen molar-refractivity contribution in [3.05, 3.63) is 42.1 Å². The number of fused-ring (bicyclic) bond motifs is 2. The zero-order valence-electron chi connectivity index (χ0n) is 11.4. The number of benzene rings is 1. The summed E-state index contributed by atoms with van der Waals surface area (Å²) >= 11 is 0. The summed E-state index contributed by atoms with van der Waals surface area (Å²) in [6.45, 7) is 0.298. The molecule has 0 aliphatic heterocycles. The van der Waals surface area contributed by atoms with Gasteiger partial charge in [0.25, 0.3) is 0 Å². The zero-order chi connectivity index (χ0) is 14.9. The molecule has 3 aromatic heterocycles. The molecule has 22 heavy (non-hydrogen) atoms. The first kappa shape index (κ1) is 12.5. The lowest BCUT2D eigenvalue weighted by Gasteiger charge is -2.08. The first-order chi connectivity index (χ1) is 10.8. The number of pyridine rings is 1. The van der Waals surface area contributed by atoms with Gasteiger partial charge in [-0.2, -0.15) is 9.97 Å². The van der Waals surface area contributed by atoms with Crippen LogP contribution in [-0.4, -0.2) is 30.4 Å². The summed E-state index contributed by atoms with van der Waals surface area (Å²) < 4.78 is 5.76. The molecule has 4 aromatic rings. The van der Waals surface area contributed by atoms with Crippen molar-refractivity contribution in [2.45, 2.75) is 6.61 Å². The molecule has 0 bridgehead atoms. The highest BCUT2D eigenvalue weighted by Gasteiger charge is 2.12. The summed E-state index contributed by atoms with van der Waals surface area (Å²) in [6.07, 6.45) is 1.75. The third kappa shape index (κ3) is 2.06. The van der Waals surface area contributed by atoms with Gasteiger partial charge in [-0.05, 0) is 6.07 Å². The highest BCUT2D eigenvalue weighted by molar-refractivity contribution is 5.81. The van der Waals surface area contributed by atoms with E-state index in [0.717, 1.165) is 16.5 Å². The second kappa shape index (κ2) is 4.92. The van der Waals surface area contributed by atoms with E-state index in [2.05, 4.69) is 30.4 Å². The van der Waals surface area contributed by atoms with Crippen molar-refractivity contribution in [3.8, 4) is 5.88 Å². The van der Waals surface area contributed by atoms with E-state index in [-0.39, 0.29) is 5.95 Å². The monoisotopic (exact) mass is 293 g/mol. The molecule has 0 fully saturated rings. The van der Waals surface area contributed by atoms with Gasteiger partial charge in [0.15, 0.2) is 11.2 Å². The van der Waals surface area contributed by atoms with Gasteiger partial charge >= 0.3 is 0 Å². The fourth-order valence-corrected chi connectivity index (χ4v) is 2.27. The maximum Gasteiger partial charge on any atom is 0.249 e. The smallest absolute Gasteiger partial charge is 0.249 e. The summed E-state index contributed by atoms with van der Waals surface area (Å²) in [7, 11) is 0. The van der Waals surface area contributed by atoms with Gasteiger partial charge in [-0.25, -0.2) is 5.10 Å². The Morgan fingerprint density at radius 3 is 2.95 bits per heavy atom. The van der Waals surface area contributed by atoms with Crippen molar-refractivity contribution >= 4 is 28.0 Å². The molecule has 0 radical (unpaired) electrons. The molecule has 0 aliphatic rings. The van der Waals surface area contributed by atoms with Gasteiger partial charge < -0.3 is 10.5 Å². The van der Waals surface area contributed by atoms with Crippen LogP contribution in [0.15, 0.2) is 36.5 Å². The van der Waals surface area contributed by atoms with Crippen LogP contribution in [0.25, 0.3) is 22.1 Å². The fourth-order valence-electron chi connectivity index (χ4n) is 2.27. The van der Waals surface area contributed by atoms with Gasteiger partial charge in [-0.1, -0.05) is 29.5 Å². The molecule has 0 spiro atoms. The van der Waals surface area contributed by atoms with Crippen molar-refractivity contribution in [3.63, 3.8) is 0 Å². The number of nitrogens with zero attached hydrogens (tertiary/aromatic N) is 5. The molecular weight excluding hydrogens is 282 g/mol. The Balaban J connectivity index is 1.70. The normalized spacial score (nSPS) is 11.1. The lowest BCUT2D eigenvalue weighted by atomic mass is 10.1. The molecule has 0 atom stereocenters. The van der Waals surface area contributed by atoms with E-state index in [4.69, 9.17) is 10.5 Å². The van der Waals surface area contributed by atoms with Gasteiger partial charge in [-0.15, -0.1) is 5.10 Å². The van der Waals surface area contributed by atoms with Crippen LogP contribution >= 0.6 is 0 Å². The number of aromatic nitrogens is 6. The SMILES string of the molecule is Nc1nc(OCc2cccc3cccnc23)c2nn[nH]c2n1. The van der Waals surface area contributed by atoms with E-state index in [9.17, 15) is 0 Å². The third-order valence-corrected chi connectivity index (χ3v) is 3.26. The number of para-hydroxylation sites is 1. The largest absolute Gasteiger partial charge is 0.471 e. The molecule has 0 saturated carbocycles. The Hall–Kier alpha value is -3.29. The minimum atomic E-state index is 0.101. The molecule has 8 heteroatoms. The highest BCUT2D eigenvalue weighted by atomic mass is 16.5. The van der Waals surface area contributed by atoms with E-state index in [1.165, 1.54) is 0 Å². The van der Waals surface area contributed by atoms with Crippen LogP contribution in [0.1, 0.15) is 5.56 Å². The minimum Gasteiger partial charge on any atom is -0.471 e. The van der Waals surface area contributed by atoms with Crippen molar-refractivity contribution in [2.24, 2.45) is 0 Å². The van der Waals surface area contributed by atoms with Gasteiger partial charge in [-0.3, -0.25) is 4.98 Å². The number of H-pyrrole nitrogens is 1. The Bertz CT molecular complexity index is 960. The molecule has 3 heterocycles. The molecular formula is C14H11N7O. The summed E-state index contributed by atoms with van der Waals surface area (Å²) in [4.78, 5) is 12.5. The number of nitrogen functional groups attached to an aromatic ring is 1. The predicted molar refractivity (Wildman–Crippen MR) is 80.0 cm³/mol. The maximum atomic E-state index is 5.76. The van der Waals surface area contributed by atoms with Crippen molar-refractivity contribution < 1.29 is 4.74 Å². The first-order valence-electron chi connectivity index (χ1n) is 6.61. The molecule has 0 amide bonds. The summed E-state index contributed by atoms with van der Waals surface area (Å²) in [6, 6.07) is 9.83. The van der Waals surface area contributed by atoms with Crippen LogP contribution < -0.4 is 10.5 Å². The van der Waals surface area contributed by atoms with E-state index in [1.807, 2.05) is 30.3 Å². The van der Waals surface area contributed by atoms with Crippen molar-refractivity contribution in [1.82, 2.24) is 30.4 Å². The first-order valence-corrected chi connectivity index (χ1v) is 6.61. The Morgan fingerprint density at radius 2 is 2.00 bits per heavy atom. The zero-order valence-corrected chi connectivity index (χ0v) is 11.4. The second-order valence-electron chi connectivity index (χ2n) is 4.68. The number of nitrogens with two attached hydrogens (primary N) is 1. The van der Waals surface area contributed by atoms with Gasteiger partial charge in [0.2, 0.25) is 11.8 Å². The molecule has 0 aliphatic carbocycles. The van der Waals surface area contributed by atoms with Crippen molar-refractivity contribution in [2.75, 3.05) is 5.73 Å². The van der Waals surface area contributed by atoms with Crippen molar-refractivity contribution in [1.29, 1.82) is 0 Å². The topological polar surface area (TPSA) is 115 Å². The van der Waals surface area contributed by atoms with Gasteiger partial charge in [0.05, 0.1) is 5.52 Å². The quantitative estimate of drug-likeness (QED) is 0.587. The van der Waals surface area contributed by atoms with Crippen LogP contribution in [0.2, 0.25) is 0 Å². The van der Waals surface area contributed by atoms with E-state index >= 15 is 0 Å². The number of rotatable bonds is 3. The molecule has 108 valence electrons. The standard InChI is InChI=1S/C14H11N7O/c15-14-17-12-11(19-21-20-12)13(18-14)22-7-9-4-1-3-8-5-2-6-16-10(8)9/h1-6H,7H2,(H3,15,17,18,19,20,21). The third-order valence-electron chi connectivity index (χ3n) is 3.26. The number of nitrogens with one attached hydrogen (secondary N) is 1. The van der Waals surface area contributed by atoms with E-state index < -0.39 is 0 Å². The maximum absolute atomic E-state index is 5.76. The van der Waals surface area contributed by atoms with E-state index in [1.54, 1.807) is 6.20 Å². The molecule has 8 nitrogen and oxygen atoms in total. The van der Waals surface area contributed by atoms with Crippen LogP contribution in [0, 0.1) is 0 Å². The highest BCUT2D eigenvalue weighted by Crippen LogP contribution is 2.22. The fraction of sp³-hybridized carbons (Fsp3) is 0.0714. The van der Waals surface area contributed by atoms with Gasteiger partial charge in [0.1, 0.15) is 6.61 Å². The average Bonchev–Trinajstić information content (AvgIpc) is 3.00. The predicted octanol–water partition coefficient (Wildman–Crippen LogP) is 1.46. The van der Waals surface area contributed by atoms with Crippen LogP contribution in [0.3, 0.4) is 0 Å². The molecule has 1 aromatic carbocycles. The molecule has 0 saturated heterocycles. The van der Waals surface area contributed by atoms with Crippen LogP contribution in [0.5, 0.6) is 5.88 Å². The van der Waals surface area contributed by atoms with E-state index in [0.29, 0.717) is 23.7 Å². The lowest BCUT2D eigenvalue weighted by Crippen LogP contribution is -2.03. The summed E-state index contributed by atoms with van der Waals surface area (Å²) in [5, 5.41) is 11.3. The number of anilines is 1. The lowest BCUT2D eigenvalue weighted by molar-refractivity contribution is 0.298. The van der Waals surface area contributed by atoms with Gasteiger partial charge in [0, 0.05) is 17.1 Å². The molecule has 4 rings (SSSR count). The number of ether oxygens (including phenoxy) is 1.